The van der Waals surface area contributed by atoms with E-state index in [1.54, 1.807) is 30.3 Å². The molecular weight excluding hydrogens is 331 g/mol. The third kappa shape index (κ3) is 4.70. The maximum atomic E-state index is 13.0. The van der Waals surface area contributed by atoms with Gasteiger partial charge >= 0.3 is 0 Å². The largest absolute Gasteiger partial charge is 0.489 e. The fraction of sp³-hybridized carbons (Fsp3) is 0.136. The summed E-state index contributed by atoms with van der Waals surface area (Å²) >= 11 is 0. The van der Waals surface area contributed by atoms with E-state index in [9.17, 15) is 9.18 Å². The van der Waals surface area contributed by atoms with Gasteiger partial charge in [0.25, 0.3) is 0 Å². The van der Waals surface area contributed by atoms with Crippen molar-refractivity contribution in [2.24, 2.45) is 0 Å². The van der Waals surface area contributed by atoms with Gasteiger partial charge in [-0.3, -0.25) is 4.79 Å². The molecule has 0 aliphatic heterocycles. The number of Topliss-reactive ketones (excluding diaryl/α,β-unsaturated/α-hetero) is 1. The fourth-order valence-electron chi connectivity index (χ4n) is 2.49. The molecule has 0 atom stereocenters. The number of hydrogen-bond donors (Lipinski definition) is 0. The monoisotopic (exact) mass is 350 g/mol. The highest BCUT2D eigenvalue weighted by Crippen LogP contribution is 2.27. The van der Waals surface area contributed by atoms with Crippen molar-refractivity contribution in [2.45, 2.75) is 20.1 Å². The third-order valence-corrected chi connectivity index (χ3v) is 3.89. The average Bonchev–Trinajstić information content (AvgIpc) is 2.66. The molecule has 3 nitrogen and oxygen atoms in total. The zero-order valence-corrected chi connectivity index (χ0v) is 14.4. The summed E-state index contributed by atoms with van der Waals surface area (Å²) in [6.07, 6.45) is 0. The van der Waals surface area contributed by atoms with Crippen molar-refractivity contribution in [1.29, 1.82) is 0 Å². The van der Waals surface area contributed by atoms with E-state index in [-0.39, 0.29) is 18.2 Å². The Morgan fingerprint density at radius 3 is 2.19 bits per heavy atom. The lowest BCUT2D eigenvalue weighted by Gasteiger charge is -2.13. The van der Waals surface area contributed by atoms with Gasteiger partial charge in [0.2, 0.25) is 0 Å². The van der Waals surface area contributed by atoms with Crippen LogP contribution in [0.2, 0.25) is 0 Å². The number of halogens is 1. The molecule has 4 heteroatoms. The average molecular weight is 350 g/mol. The molecule has 0 spiro atoms. The van der Waals surface area contributed by atoms with Crippen LogP contribution in [0.1, 0.15) is 28.4 Å². The summed E-state index contributed by atoms with van der Waals surface area (Å²) in [6, 6.07) is 21.0. The van der Waals surface area contributed by atoms with Crippen molar-refractivity contribution in [1.82, 2.24) is 0 Å². The van der Waals surface area contributed by atoms with Crippen LogP contribution < -0.4 is 9.47 Å². The topological polar surface area (TPSA) is 35.5 Å². The molecule has 3 aromatic rings. The Morgan fingerprint density at radius 2 is 1.50 bits per heavy atom. The van der Waals surface area contributed by atoms with Crippen molar-refractivity contribution in [3.63, 3.8) is 0 Å². The van der Waals surface area contributed by atoms with E-state index in [1.165, 1.54) is 19.1 Å². The number of carbonyl (C=O) groups is 1. The third-order valence-electron chi connectivity index (χ3n) is 3.89. The first kappa shape index (κ1) is 17.7. The Hall–Kier alpha value is -3.14. The van der Waals surface area contributed by atoms with Gasteiger partial charge in [0.05, 0.1) is 5.56 Å². The number of ether oxygens (including phenoxy) is 2. The lowest BCUT2D eigenvalue weighted by Crippen LogP contribution is -2.03. The van der Waals surface area contributed by atoms with Crippen LogP contribution >= 0.6 is 0 Å². The minimum absolute atomic E-state index is 0.0892. The van der Waals surface area contributed by atoms with Gasteiger partial charge in [0.15, 0.2) is 5.78 Å². The molecule has 0 saturated heterocycles. The molecule has 0 saturated carbocycles. The lowest BCUT2D eigenvalue weighted by molar-refractivity contribution is 0.101. The summed E-state index contributed by atoms with van der Waals surface area (Å²) in [5.74, 6) is 0.684. The summed E-state index contributed by atoms with van der Waals surface area (Å²) < 4.78 is 24.6. The minimum Gasteiger partial charge on any atom is -0.489 e. The first-order valence-electron chi connectivity index (χ1n) is 8.31. The Kier molecular flexibility index (Phi) is 5.64. The highest BCUT2D eigenvalue weighted by atomic mass is 19.1. The van der Waals surface area contributed by atoms with Crippen LogP contribution in [-0.4, -0.2) is 5.78 Å². The first-order valence-corrected chi connectivity index (χ1v) is 8.31. The molecule has 0 aliphatic carbocycles. The summed E-state index contributed by atoms with van der Waals surface area (Å²) in [5.41, 5.74) is 2.35. The van der Waals surface area contributed by atoms with Gasteiger partial charge in [-0.05, 0) is 42.3 Å². The highest BCUT2D eigenvalue weighted by molar-refractivity contribution is 5.97. The zero-order valence-electron chi connectivity index (χ0n) is 14.4. The molecule has 0 radical (unpaired) electrons. The molecule has 0 heterocycles. The van der Waals surface area contributed by atoms with E-state index in [0.717, 1.165) is 11.1 Å². The van der Waals surface area contributed by atoms with Crippen LogP contribution in [0.4, 0.5) is 4.39 Å². The van der Waals surface area contributed by atoms with E-state index in [2.05, 4.69) is 0 Å². The molecule has 132 valence electrons. The summed E-state index contributed by atoms with van der Waals surface area (Å²) in [7, 11) is 0. The highest BCUT2D eigenvalue weighted by Gasteiger charge is 2.11. The van der Waals surface area contributed by atoms with Crippen LogP contribution in [-0.2, 0) is 13.2 Å². The first-order chi connectivity index (χ1) is 12.6. The Labute approximate surface area is 152 Å². The fourth-order valence-corrected chi connectivity index (χ4v) is 2.49. The molecule has 0 aliphatic rings. The number of rotatable bonds is 7. The number of ketones is 1. The second kappa shape index (κ2) is 8.30. The van der Waals surface area contributed by atoms with Crippen LogP contribution in [0.15, 0.2) is 72.8 Å². The standard InChI is InChI=1S/C22H19FO3/c1-16(24)21-12-11-20(25-14-17-5-3-2-4-6-17)13-22(21)26-15-18-7-9-19(23)10-8-18/h2-13H,14-15H2,1H3. The van der Waals surface area contributed by atoms with E-state index >= 15 is 0 Å². The van der Waals surface area contributed by atoms with E-state index in [1.807, 2.05) is 30.3 Å². The van der Waals surface area contributed by atoms with Crippen LogP contribution in [0.25, 0.3) is 0 Å². The molecule has 0 N–H and O–H groups in total. The maximum absolute atomic E-state index is 13.0. The van der Waals surface area contributed by atoms with Crippen molar-refractivity contribution < 1.29 is 18.7 Å². The smallest absolute Gasteiger partial charge is 0.163 e. The van der Waals surface area contributed by atoms with Crippen molar-refractivity contribution >= 4 is 5.78 Å². The zero-order chi connectivity index (χ0) is 18.4. The van der Waals surface area contributed by atoms with Gasteiger partial charge in [-0.2, -0.15) is 0 Å². The lowest BCUT2D eigenvalue weighted by atomic mass is 10.1. The second-order valence-corrected chi connectivity index (χ2v) is 5.90. The van der Waals surface area contributed by atoms with E-state index < -0.39 is 0 Å². The van der Waals surface area contributed by atoms with Gasteiger partial charge in [-0.15, -0.1) is 0 Å². The van der Waals surface area contributed by atoms with E-state index in [0.29, 0.717) is 23.7 Å². The van der Waals surface area contributed by atoms with Crippen molar-refractivity contribution in [2.75, 3.05) is 0 Å². The van der Waals surface area contributed by atoms with Crippen LogP contribution in [0.3, 0.4) is 0 Å². The van der Waals surface area contributed by atoms with E-state index in [4.69, 9.17) is 9.47 Å². The molecule has 0 amide bonds. The predicted octanol–water partition coefficient (Wildman–Crippen LogP) is 5.19. The number of benzene rings is 3. The molecule has 3 aromatic carbocycles. The summed E-state index contributed by atoms with van der Waals surface area (Å²) in [4.78, 5) is 11.8. The van der Waals surface area contributed by atoms with Gasteiger partial charge < -0.3 is 9.47 Å². The molecule has 26 heavy (non-hydrogen) atoms. The molecule has 0 unspecified atom stereocenters. The van der Waals surface area contributed by atoms with Gasteiger partial charge in [-0.25, -0.2) is 4.39 Å². The van der Waals surface area contributed by atoms with Crippen LogP contribution in [0, 0.1) is 5.82 Å². The van der Waals surface area contributed by atoms with Gasteiger partial charge in [0.1, 0.15) is 30.5 Å². The number of hydrogen-bond acceptors (Lipinski definition) is 3. The molecule has 3 rings (SSSR count). The SMILES string of the molecule is CC(=O)c1ccc(OCc2ccccc2)cc1OCc1ccc(F)cc1. The van der Waals surface area contributed by atoms with Gasteiger partial charge in [-0.1, -0.05) is 42.5 Å². The minimum atomic E-state index is -0.297. The maximum Gasteiger partial charge on any atom is 0.163 e. The number of carbonyl (C=O) groups excluding carboxylic acids is 1. The second-order valence-electron chi connectivity index (χ2n) is 5.90. The Balaban J connectivity index is 1.73. The van der Waals surface area contributed by atoms with Crippen molar-refractivity contribution in [3.05, 3.63) is 95.3 Å². The van der Waals surface area contributed by atoms with Crippen LogP contribution in [0.5, 0.6) is 11.5 Å². The molecule has 0 fully saturated rings. The normalized spacial score (nSPS) is 10.4. The predicted molar refractivity (Wildman–Crippen MR) is 98.0 cm³/mol. The summed E-state index contributed by atoms with van der Waals surface area (Å²) in [6.45, 7) is 2.16. The summed E-state index contributed by atoms with van der Waals surface area (Å²) in [5, 5.41) is 0. The van der Waals surface area contributed by atoms with Gasteiger partial charge in [0, 0.05) is 6.07 Å². The van der Waals surface area contributed by atoms with Crippen molar-refractivity contribution in [3.8, 4) is 11.5 Å². The Bertz CT molecular complexity index is 874. The molecule has 0 bridgehead atoms. The molecule has 0 aromatic heterocycles. The Morgan fingerprint density at radius 1 is 0.846 bits per heavy atom. The quantitative estimate of drug-likeness (QED) is 0.550. The molecular formula is C22H19FO3.